The maximum Gasteiger partial charge on any atom is 0.338 e. The van der Waals surface area contributed by atoms with Crippen LogP contribution in [0.15, 0.2) is 59.8 Å². The van der Waals surface area contributed by atoms with Gasteiger partial charge in [0.15, 0.2) is 0 Å². The van der Waals surface area contributed by atoms with E-state index in [1.165, 1.54) is 7.11 Å². The SMILES string of the molecule is COC(=O)C1=C(CN2CCN(c3cccc(Cl)c3)CC2)NC(=O)N[C@H]1c1ccc(C)cc1. The molecular formula is C24H27ClN4O3. The van der Waals surface area contributed by atoms with Crippen molar-refractivity contribution in [1.29, 1.82) is 0 Å². The van der Waals surface area contributed by atoms with Crippen molar-refractivity contribution in [3.8, 4) is 0 Å². The maximum absolute atomic E-state index is 12.7. The Balaban J connectivity index is 1.54. The number of rotatable bonds is 5. The molecule has 2 aliphatic heterocycles. The highest BCUT2D eigenvalue weighted by Crippen LogP contribution is 2.29. The van der Waals surface area contributed by atoms with E-state index in [2.05, 4.69) is 26.5 Å². The van der Waals surface area contributed by atoms with Gasteiger partial charge in [-0.25, -0.2) is 9.59 Å². The molecule has 1 atom stereocenters. The summed E-state index contributed by atoms with van der Waals surface area (Å²) in [5.41, 5.74) is 4.07. The van der Waals surface area contributed by atoms with Gasteiger partial charge in [-0.05, 0) is 30.7 Å². The molecule has 2 N–H and O–H groups in total. The normalized spacial score (nSPS) is 19.4. The third-order valence-corrected chi connectivity index (χ3v) is 6.13. The zero-order chi connectivity index (χ0) is 22.7. The smallest absolute Gasteiger partial charge is 0.338 e. The lowest BCUT2D eigenvalue weighted by Crippen LogP contribution is -2.51. The van der Waals surface area contributed by atoms with E-state index in [0.29, 0.717) is 17.8 Å². The lowest BCUT2D eigenvalue weighted by molar-refractivity contribution is -0.136. The van der Waals surface area contributed by atoms with Crippen molar-refractivity contribution in [2.24, 2.45) is 0 Å². The van der Waals surface area contributed by atoms with Crippen LogP contribution in [0.25, 0.3) is 0 Å². The molecule has 0 radical (unpaired) electrons. The summed E-state index contributed by atoms with van der Waals surface area (Å²) < 4.78 is 5.08. The van der Waals surface area contributed by atoms with E-state index < -0.39 is 12.0 Å². The molecule has 0 spiro atoms. The van der Waals surface area contributed by atoms with Crippen LogP contribution in [0.3, 0.4) is 0 Å². The minimum absolute atomic E-state index is 0.323. The van der Waals surface area contributed by atoms with E-state index in [1.54, 1.807) is 0 Å². The largest absolute Gasteiger partial charge is 0.466 e. The van der Waals surface area contributed by atoms with Gasteiger partial charge in [-0.15, -0.1) is 0 Å². The summed E-state index contributed by atoms with van der Waals surface area (Å²) in [6.45, 7) is 5.70. The number of benzene rings is 2. The van der Waals surface area contributed by atoms with E-state index >= 15 is 0 Å². The second-order valence-corrected chi connectivity index (χ2v) is 8.51. The van der Waals surface area contributed by atoms with Gasteiger partial charge < -0.3 is 20.3 Å². The number of nitrogens with zero attached hydrogens (tertiary/aromatic N) is 2. The van der Waals surface area contributed by atoms with Crippen molar-refractivity contribution in [1.82, 2.24) is 15.5 Å². The molecule has 1 fully saturated rings. The number of carbonyl (C=O) groups excluding carboxylic acids is 2. The summed E-state index contributed by atoms with van der Waals surface area (Å²) in [5, 5.41) is 6.44. The number of halogens is 1. The van der Waals surface area contributed by atoms with Gasteiger partial charge in [0.2, 0.25) is 0 Å². The van der Waals surface area contributed by atoms with Gasteiger partial charge in [0, 0.05) is 49.1 Å². The summed E-state index contributed by atoms with van der Waals surface area (Å²) in [6, 6.07) is 14.7. The average Bonchev–Trinajstić information content (AvgIpc) is 2.79. The van der Waals surface area contributed by atoms with E-state index in [-0.39, 0.29) is 6.03 Å². The number of amides is 2. The molecule has 1 saturated heterocycles. The molecule has 4 rings (SSSR count). The van der Waals surface area contributed by atoms with Crippen LogP contribution in [0.1, 0.15) is 17.2 Å². The van der Waals surface area contributed by atoms with Crippen LogP contribution >= 0.6 is 11.6 Å². The number of nitrogens with one attached hydrogen (secondary N) is 2. The van der Waals surface area contributed by atoms with Crippen LogP contribution in [0.5, 0.6) is 0 Å². The number of hydrogen-bond acceptors (Lipinski definition) is 5. The van der Waals surface area contributed by atoms with Crippen LogP contribution in [0.2, 0.25) is 5.02 Å². The minimum atomic E-state index is -0.556. The van der Waals surface area contributed by atoms with Gasteiger partial charge in [-0.1, -0.05) is 47.5 Å². The summed E-state index contributed by atoms with van der Waals surface area (Å²) in [6.07, 6.45) is 0. The Hall–Kier alpha value is -3.03. The molecule has 2 heterocycles. The molecule has 7 nitrogen and oxygen atoms in total. The fraction of sp³-hybridized carbons (Fsp3) is 0.333. The molecule has 0 bridgehead atoms. The molecule has 0 aromatic heterocycles. The first-order valence-electron chi connectivity index (χ1n) is 10.6. The Morgan fingerprint density at radius 3 is 2.50 bits per heavy atom. The molecule has 32 heavy (non-hydrogen) atoms. The third-order valence-electron chi connectivity index (χ3n) is 5.90. The van der Waals surface area contributed by atoms with Crippen molar-refractivity contribution in [2.75, 3.05) is 44.7 Å². The van der Waals surface area contributed by atoms with Crippen LogP contribution < -0.4 is 15.5 Å². The van der Waals surface area contributed by atoms with Crippen molar-refractivity contribution >= 4 is 29.3 Å². The average molecular weight is 455 g/mol. The number of ether oxygens (including phenoxy) is 1. The quantitative estimate of drug-likeness (QED) is 0.678. The molecule has 0 unspecified atom stereocenters. The first kappa shape index (κ1) is 22.2. The summed E-state index contributed by atoms with van der Waals surface area (Å²) >= 11 is 6.13. The summed E-state index contributed by atoms with van der Waals surface area (Å²) in [4.78, 5) is 29.7. The number of urea groups is 1. The maximum atomic E-state index is 12.7. The van der Waals surface area contributed by atoms with Crippen LogP contribution in [0, 0.1) is 6.92 Å². The van der Waals surface area contributed by atoms with Gasteiger partial charge in [0.25, 0.3) is 0 Å². The molecule has 0 saturated carbocycles. The second kappa shape index (κ2) is 9.63. The Bertz CT molecular complexity index is 1030. The van der Waals surface area contributed by atoms with Crippen molar-refractivity contribution in [3.05, 3.63) is 76.0 Å². The first-order valence-corrected chi connectivity index (χ1v) is 11.0. The highest BCUT2D eigenvalue weighted by atomic mass is 35.5. The van der Waals surface area contributed by atoms with E-state index in [4.69, 9.17) is 16.3 Å². The Morgan fingerprint density at radius 1 is 1.12 bits per heavy atom. The fourth-order valence-corrected chi connectivity index (χ4v) is 4.35. The Kier molecular flexibility index (Phi) is 6.67. The van der Waals surface area contributed by atoms with Crippen molar-refractivity contribution in [2.45, 2.75) is 13.0 Å². The van der Waals surface area contributed by atoms with Crippen LogP contribution in [-0.4, -0.2) is 56.7 Å². The number of hydrogen-bond donors (Lipinski definition) is 2. The molecule has 2 aromatic carbocycles. The van der Waals surface area contributed by atoms with Gasteiger partial charge in [-0.3, -0.25) is 4.90 Å². The molecule has 2 aromatic rings. The third kappa shape index (κ3) is 4.89. The number of aryl methyl sites for hydroxylation is 1. The minimum Gasteiger partial charge on any atom is -0.466 e. The Morgan fingerprint density at radius 2 is 1.84 bits per heavy atom. The van der Waals surface area contributed by atoms with Gasteiger partial charge in [-0.2, -0.15) is 0 Å². The molecule has 2 amide bonds. The number of esters is 1. The van der Waals surface area contributed by atoms with Gasteiger partial charge >= 0.3 is 12.0 Å². The highest BCUT2D eigenvalue weighted by molar-refractivity contribution is 6.30. The van der Waals surface area contributed by atoms with E-state index in [1.807, 2.05) is 49.4 Å². The molecule has 168 valence electrons. The molecule has 0 aliphatic carbocycles. The number of methoxy groups -OCH3 is 1. The number of carbonyl (C=O) groups is 2. The van der Waals surface area contributed by atoms with Crippen molar-refractivity contribution in [3.63, 3.8) is 0 Å². The van der Waals surface area contributed by atoms with Gasteiger partial charge in [0.1, 0.15) is 0 Å². The summed E-state index contributed by atoms with van der Waals surface area (Å²) in [5.74, 6) is -0.448. The van der Waals surface area contributed by atoms with E-state index in [0.717, 1.165) is 48.0 Å². The highest BCUT2D eigenvalue weighted by Gasteiger charge is 2.34. The van der Waals surface area contributed by atoms with Crippen molar-refractivity contribution < 1.29 is 14.3 Å². The van der Waals surface area contributed by atoms with Gasteiger partial charge in [0.05, 0.1) is 18.7 Å². The standard InChI is InChI=1S/C24H27ClN4O3/c1-16-6-8-17(9-7-16)22-21(23(30)32-2)20(26-24(31)27-22)15-28-10-12-29(13-11-28)19-5-3-4-18(25)14-19/h3-9,14,22H,10-13,15H2,1-2H3,(H2,26,27,31)/t22-/m0/s1. The van der Waals surface area contributed by atoms with Crippen LogP contribution in [-0.2, 0) is 9.53 Å². The summed E-state index contributed by atoms with van der Waals surface area (Å²) in [7, 11) is 1.36. The topological polar surface area (TPSA) is 73.9 Å². The second-order valence-electron chi connectivity index (χ2n) is 8.07. The van der Waals surface area contributed by atoms with E-state index in [9.17, 15) is 9.59 Å². The lowest BCUT2D eigenvalue weighted by atomic mass is 9.94. The monoisotopic (exact) mass is 454 g/mol. The fourth-order valence-electron chi connectivity index (χ4n) is 4.16. The zero-order valence-electron chi connectivity index (χ0n) is 18.2. The first-order chi connectivity index (χ1) is 15.4. The predicted molar refractivity (Wildman–Crippen MR) is 125 cm³/mol. The zero-order valence-corrected chi connectivity index (χ0v) is 19.0. The molecular weight excluding hydrogens is 428 g/mol. The van der Waals surface area contributed by atoms with Crippen LogP contribution in [0.4, 0.5) is 10.5 Å². The molecule has 8 heteroatoms. The Labute approximate surface area is 193 Å². The number of piperazine rings is 1. The lowest BCUT2D eigenvalue weighted by Gasteiger charge is -2.38. The number of anilines is 1. The predicted octanol–water partition coefficient (Wildman–Crippen LogP) is 3.25. The molecule has 2 aliphatic rings.